The number of thioether (sulfide) groups is 1. The van der Waals surface area contributed by atoms with Crippen LogP contribution in [0.1, 0.15) is 0 Å². The number of nitrogens with one attached hydrogen (secondary N) is 1. The van der Waals surface area contributed by atoms with E-state index in [1.807, 2.05) is 0 Å². The molecule has 1 N–H and O–H groups in total. The van der Waals surface area contributed by atoms with Crippen LogP contribution in [0.2, 0.25) is 10.0 Å². The van der Waals surface area contributed by atoms with Gasteiger partial charge in [0.2, 0.25) is 5.91 Å². The lowest BCUT2D eigenvalue weighted by Gasteiger charge is -2.09. The van der Waals surface area contributed by atoms with Crippen molar-refractivity contribution in [3.63, 3.8) is 0 Å². The van der Waals surface area contributed by atoms with Gasteiger partial charge in [0.15, 0.2) is 5.75 Å². The third-order valence-corrected chi connectivity index (χ3v) is 4.25. The molecule has 0 saturated heterocycles. The Bertz CT molecular complexity index is 665. The lowest BCUT2D eigenvalue weighted by Crippen LogP contribution is -2.15. The van der Waals surface area contributed by atoms with Crippen molar-refractivity contribution < 1.29 is 13.9 Å². The summed E-state index contributed by atoms with van der Waals surface area (Å²) in [6.07, 6.45) is 0. The van der Waals surface area contributed by atoms with Crippen LogP contribution in [0.5, 0.6) is 5.75 Å². The monoisotopic (exact) mass is 373 g/mol. The van der Waals surface area contributed by atoms with Gasteiger partial charge in [-0.3, -0.25) is 4.79 Å². The number of benzene rings is 2. The lowest BCUT2D eigenvalue weighted by molar-refractivity contribution is -0.113. The molecule has 0 atom stereocenters. The van der Waals surface area contributed by atoms with Gasteiger partial charge in [0.25, 0.3) is 0 Å². The van der Waals surface area contributed by atoms with Crippen LogP contribution in [-0.4, -0.2) is 24.0 Å². The van der Waals surface area contributed by atoms with Crippen LogP contribution in [0.15, 0.2) is 42.5 Å². The minimum absolute atomic E-state index is 0.198. The predicted octanol–water partition coefficient (Wildman–Crippen LogP) is 4.88. The Morgan fingerprint density at radius 2 is 1.87 bits per heavy atom. The Morgan fingerprint density at radius 1 is 1.17 bits per heavy atom. The van der Waals surface area contributed by atoms with E-state index in [0.717, 1.165) is 0 Å². The Kier molecular flexibility index (Phi) is 7.02. The maximum Gasteiger partial charge on any atom is 0.234 e. The van der Waals surface area contributed by atoms with E-state index in [1.165, 1.54) is 23.9 Å². The van der Waals surface area contributed by atoms with Gasteiger partial charge in [-0.25, -0.2) is 4.39 Å². The van der Waals surface area contributed by atoms with Crippen LogP contribution in [0.4, 0.5) is 10.1 Å². The summed E-state index contributed by atoms with van der Waals surface area (Å²) in [5, 5.41) is 3.53. The van der Waals surface area contributed by atoms with Gasteiger partial charge in [-0.1, -0.05) is 35.3 Å². The smallest absolute Gasteiger partial charge is 0.234 e. The van der Waals surface area contributed by atoms with E-state index in [2.05, 4.69) is 5.32 Å². The molecule has 0 spiro atoms. The van der Waals surface area contributed by atoms with Crippen LogP contribution in [0.25, 0.3) is 0 Å². The molecule has 0 aliphatic carbocycles. The van der Waals surface area contributed by atoms with Crippen LogP contribution in [0.3, 0.4) is 0 Å². The molecule has 2 aromatic rings. The molecule has 0 bridgehead atoms. The molecule has 0 heterocycles. The molecular formula is C16H14Cl2FNO2S. The molecule has 3 nitrogen and oxygen atoms in total. The van der Waals surface area contributed by atoms with Crippen molar-refractivity contribution >= 4 is 46.6 Å². The first kappa shape index (κ1) is 17.9. The van der Waals surface area contributed by atoms with E-state index < -0.39 is 0 Å². The third kappa shape index (κ3) is 5.94. The van der Waals surface area contributed by atoms with E-state index >= 15 is 0 Å². The normalized spacial score (nSPS) is 10.4. The number of para-hydroxylation sites is 1. The summed E-state index contributed by atoms with van der Waals surface area (Å²) in [7, 11) is 0. The van der Waals surface area contributed by atoms with Crippen molar-refractivity contribution in [1.29, 1.82) is 0 Å². The number of halogens is 3. The Labute approximate surface area is 148 Å². The SMILES string of the molecule is O=C(CSCCOc1c(Cl)cccc1Cl)Nc1cccc(F)c1. The maximum atomic E-state index is 13.0. The van der Waals surface area contributed by atoms with Crippen molar-refractivity contribution in [2.75, 3.05) is 23.4 Å². The molecule has 122 valence electrons. The number of carbonyl (C=O) groups excluding carboxylic acids is 1. The van der Waals surface area contributed by atoms with Gasteiger partial charge in [-0.2, -0.15) is 0 Å². The van der Waals surface area contributed by atoms with Crippen LogP contribution in [-0.2, 0) is 4.79 Å². The van der Waals surface area contributed by atoms with Crippen molar-refractivity contribution in [3.8, 4) is 5.75 Å². The first-order valence-electron chi connectivity index (χ1n) is 6.76. The number of ether oxygens (including phenoxy) is 1. The largest absolute Gasteiger partial charge is 0.490 e. The number of carbonyl (C=O) groups is 1. The number of anilines is 1. The van der Waals surface area contributed by atoms with Crippen LogP contribution < -0.4 is 10.1 Å². The van der Waals surface area contributed by atoms with Gasteiger partial charge < -0.3 is 10.1 Å². The highest BCUT2D eigenvalue weighted by Crippen LogP contribution is 2.32. The number of hydrogen-bond donors (Lipinski definition) is 1. The van der Waals surface area contributed by atoms with E-state index in [0.29, 0.717) is 33.8 Å². The topological polar surface area (TPSA) is 38.3 Å². The van der Waals surface area contributed by atoms with Crippen molar-refractivity contribution in [2.45, 2.75) is 0 Å². The van der Waals surface area contributed by atoms with E-state index in [4.69, 9.17) is 27.9 Å². The Hall–Kier alpha value is -1.43. The fraction of sp³-hybridized carbons (Fsp3) is 0.188. The molecule has 2 aromatic carbocycles. The van der Waals surface area contributed by atoms with Gasteiger partial charge in [0, 0.05) is 11.4 Å². The van der Waals surface area contributed by atoms with Gasteiger partial charge in [-0.15, -0.1) is 11.8 Å². The molecule has 0 fully saturated rings. The molecule has 0 aliphatic heterocycles. The zero-order valence-electron chi connectivity index (χ0n) is 12.0. The zero-order valence-corrected chi connectivity index (χ0v) is 14.3. The molecule has 0 aliphatic rings. The Morgan fingerprint density at radius 3 is 2.57 bits per heavy atom. The fourth-order valence-electron chi connectivity index (χ4n) is 1.75. The van der Waals surface area contributed by atoms with Gasteiger partial charge >= 0.3 is 0 Å². The minimum atomic E-state index is -0.388. The average molecular weight is 374 g/mol. The first-order valence-corrected chi connectivity index (χ1v) is 8.67. The van der Waals surface area contributed by atoms with Crippen molar-refractivity contribution in [3.05, 3.63) is 58.3 Å². The molecule has 0 unspecified atom stereocenters. The minimum Gasteiger partial charge on any atom is -0.490 e. The number of hydrogen-bond acceptors (Lipinski definition) is 3. The third-order valence-electron chi connectivity index (χ3n) is 2.73. The van der Waals surface area contributed by atoms with Crippen LogP contribution in [0, 0.1) is 5.82 Å². The standard InChI is InChI=1S/C16H14Cl2FNO2S/c17-13-5-2-6-14(18)16(13)22-7-8-23-10-15(21)20-12-4-1-3-11(19)9-12/h1-6,9H,7-8,10H2,(H,20,21). The summed E-state index contributed by atoms with van der Waals surface area (Å²) in [6, 6.07) is 10.9. The molecule has 0 saturated carbocycles. The quantitative estimate of drug-likeness (QED) is 0.702. The summed E-state index contributed by atoms with van der Waals surface area (Å²) < 4.78 is 18.5. The predicted molar refractivity (Wildman–Crippen MR) is 94.3 cm³/mol. The first-order chi connectivity index (χ1) is 11.1. The second-order valence-corrected chi connectivity index (χ2v) is 6.43. The van der Waals surface area contributed by atoms with E-state index in [9.17, 15) is 9.18 Å². The number of rotatable bonds is 7. The van der Waals surface area contributed by atoms with Crippen molar-refractivity contribution in [1.82, 2.24) is 0 Å². The fourth-order valence-corrected chi connectivity index (χ4v) is 2.86. The molecule has 23 heavy (non-hydrogen) atoms. The molecule has 0 radical (unpaired) electrons. The molecule has 2 rings (SSSR count). The zero-order chi connectivity index (χ0) is 16.7. The van der Waals surface area contributed by atoms with E-state index in [1.54, 1.807) is 30.3 Å². The summed E-state index contributed by atoms with van der Waals surface area (Å²) in [4.78, 5) is 11.7. The molecule has 1 amide bonds. The molecule has 7 heteroatoms. The number of amides is 1. The van der Waals surface area contributed by atoms with Gasteiger partial charge in [0.1, 0.15) is 5.82 Å². The highest BCUT2D eigenvalue weighted by molar-refractivity contribution is 7.99. The maximum absolute atomic E-state index is 13.0. The molecule has 0 aromatic heterocycles. The summed E-state index contributed by atoms with van der Waals surface area (Å²) in [6.45, 7) is 0.376. The van der Waals surface area contributed by atoms with Gasteiger partial charge in [0.05, 0.1) is 22.4 Å². The average Bonchev–Trinajstić information content (AvgIpc) is 2.49. The van der Waals surface area contributed by atoms with Crippen LogP contribution >= 0.6 is 35.0 Å². The van der Waals surface area contributed by atoms with E-state index in [-0.39, 0.29) is 17.5 Å². The second-order valence-electron chi connectivity index (χ2n) is 4.51. The summed E-state index contributed by atoms with van der Waals surface area (Å²) >= 11 is 13.4. The summed E-state index contributed by atoms with van der Waals surface area (Å²) in [5.74, 6) is 0.700. The second kappa shape index (κ2) is 9.01. The highest BCUT2D eigenvalue weighted by Gasteiger charge is 2.07. The highest BCUT2D eigenvalue weighted by atomic mass is 35.5. The Balaban J connectivity index is 1.68. The van der Waals surface area contributed by atoms with Crippen molar-refractivity contribution in [2.24, 2.45) is 0 Å². The summed E-state index contributed by atoms with van der Waals surface area (Å²) in [5.41, 5.74) is 0.440. The lowest BCUT2D eigenvalue weighted by atomic mass is 10.3. The molecular weight excluding hydrogens is 360 g/mol. The van der Waals surface area contributed by atoms with Gasteiger partial charge in [-0.05, 0) is 30.3 Å².